The van der Waals surface area contributed by atoms with E-state index in [1.807, 2.05) is 18.4 Å². The van der Waals surface area contributed by atoms with Crippen molar-refractivity contribution >= 4 is 39.5 Å². The topological polar surface area (TPSA) is 88.9 Å². The molecule has 0 bridgehead atoms. The van der Waals surface area contributed by atoms with E-state index in [1.54, 1.807) is 30.6 Å². The van der Waals surface area contributed by atoms with E-state index in [0.717, 1.165) is 0 Å². The second kappa shape index (κ2) is 8.11. The van der Waals surface area contributed by atoms with E-state index in [2.05, 4.69) is 37.0 Å². The summed E-state index contributed by atoms with van der Waals surface area (Å²) in [7, 11) is 0. The molecule has 2 aromatic rings. The van der Waals surface area contributed by atoms with Gasteiger partial charge in [-0.25, -0.2) is 0 Å². The predicted molar refractivity (Wildman–Crippen MR) is 90.9 cm³/mol. The van der Waals surface area contributed by atoms with Crippen LogP contribution in [0.15, 0.2) is 40.2 Å². The molecule has 0 atom stereocenters. The van der Waals surface area contributed by atoms with Crippen LogP contribution in [0.5, 0.6) is 0 Å². The highest BCUT2D eigenvalue weighted by molar-refractivity contribution is 9.10. The minimum atomic E-state index is -0.388. The van der Waals surface area contributed by atoms with E-state index in [-0.39, 0.29) is 23.6 Å². The summed E-state index contributed by atoms with van der Waals surface area (Å²) >= 11 is 4.54. The minimum Gasteiger partial charge on any atom is -0.306 e. The molecule has 1 heterocycles. The number of benzene rings is 1. The van der Waals surface area contributed by atoms with E-state index in [0.29, 0.717) is 15.2 Å². The summed E-state index contributed by atoms with van der Waals surface area (Å²) < 4.78 is 2.53. The maximum Gasteiger partial charge on any atom is 0.270 e. The Bertz CT molecular complexity index is 704. The van der Waals surface area contributed by atoms with E-state index in [1.165, 1.54) is 11.8 Å². The molecule has 0 fully saturated rings. The van der Waals surface area contributed by atoms with E-state index in [4.69, 9.17) is 0 Å². The van der Waals surface area contributed by atoms with Crippen molar-refractivity contribution in [3.8, 4) is 0 Å². The Morgan fingerprint density at radius 3 is 2.74 bits per heavy atom. The Morgan fingerprint density at radius 2 is 2.04 bits per heavy atom. The van der Waals surface area contributed by atoms with Gasteiger partial charge in [-0.2, -0.15) is 0 Å². The molecule has 0 radical (unpaired) electrons. The molecule has 122 valence electrons. The number of hydrogen-bond acceptors (Lipinski definition) is 5. The van der Waals surface area contributed by atoms with Crippen LogP contribution in [0.25, 0.3) is 0 Å². The fraction of sp³-hybridized carbons (Fsp3) is 0.286. The van der Waals surface area contributed by atoms with Crippen molar-refractivity contribution in [2.75, 3.05) is 5.75 Å². The maximum absolute atomic E-state index is 12.0. The quantitative estimate of drug-likeness (QED) is 0.595. The highest BCUT2D eigenvalue weighted by Gasteiger charge is 2.13. The predicted octanol–water partition coefficient (Wildman–Crippen LogP) is 2.17. The average Bonchev–Trinajstić information content (AvgIpc) is 3.00. The Kier molecular flexibility index (Phi) is 6.17. The second-order valence-corrected chi connectivity index (χ2v) is 6.68. The van der Waals surface area contributed by atoms with Gasteiger partial charge in [0.2, 0.25) is 5.91 Å². The van der Waals surface area contributed by atoms with Gasteiger partial charge in [0.15, 0.2) is 5.16 Å². The Labute approximate surface area is 146 Å². The first-order valence-electron chi connectivity index (χ1n) is 6.85. The molecule has 7 nitrogen and oxygen atoms in total. The molecule has 0 aliphatic rings. The smallest absolute Gasteiger partial charge is 0.270 e. The van der Waals surface area contributed by atoms with Crippen LogP contribution in [0.4, 0.5) is 0 Å². The van der Waals surface area contributed by atoms with Crippen LogP contribution < -0.4 is 10.9 Å². The summed E-state index contributed by atoms with van der Waals surface area (Å²) in [5, 5.41) is 8.46. The zero-order chi connectivity index (χ0) is 16.8. The summed E-state index contributed by atoms with van der Waals surface area (Å²) in [6.45, 7) is 4.01. The van der Waals surface area contributed by atoms with Crippen LogP contribution in [0.1, 0.15) is 30.2 Å². The van der Waals surface area contributed by atoms with Crippen LogP contribution in [0.3, 0.4) is 0 Å². The molecule has 2 amide bonds. The molecule has 0 aliphatic heterocycles. The number of thioether (sulfide) groups is 1. The number of aromatic nitrogens is 3. The van der Waals surface area contributed by atoms with Gasteiger partial charge in [0.25, 0.3) is 5.91 Å². The normalized spacial score (nSPS) is 10.6. The number of amides is 2. The van der Waals surface area contributed by atoms with Crippen molar-refractivity contribution in [3.05, 3.63) is 40.6 Å². The molecule has 9 heteroatoms. The fourth-order valence-corrected chi connectivity index (χ4v) is 3.00. The van der Waals surface area contributed by atoms with Gasteiger partial charge in [-0.05, 0) is 41.9 Å². The lowest BCUT2D eigenvalue weighted by Gasteiger charge is -2.10. The first-order valence-corrected chi connectivity index (χ1v) is 8.63. The summed E-state index contributed by atoms with van der Waals surface area (Å²) in [4.78, 5) is 23.8. The molecular formula is C14H16BrN5O2S. The summed E-state index contributed by atoms with van der Waals surface area (Å²) in [5.41, 5.74) is 5.21. The maximum atomic E-state index is 12.0. The third kappa shape index (κ3) is 4.80. The number of halogens is 1. The Morgan fingerprint density at radius 1 is 1.30 bits per heavy atom. The van der Waals surface area contributed by atoms with E-state index >= 15 is 0 Å². The molecule has 0 unspecified atom stereocenters. The second-order valence-electron chi connectivity index (χ2n) is 4.89. The van der Waals surface area contributed by atoms with Gasteiger partial charge in [-0.1, -0.05) is 23.9 Å². The third-order valence-corrected chi connectivity index (χ3v) is 4.51. The lowest BCUT2D eigenvalue weighted by Crippen LogP contribution is -2.42. The first-order chi connectivity index (χ1) is 11.0. The van der Waals surface area contributed by atoms with Crippen molar-refractivity contribution in [3.63, 3.8) is 0 Å². The molecule has 0 aliphatic carbocycles. The number of rotatable bonds is 5. The van der Waals surface area contributed by atoms with Crippen LogP contribution in [-0.4, -0.2) is 32.3 Å². The van der Waals surface area contributed by atoms with Crippen molar-refractivity contribution in [1.82, 2.24) is 25.6 Å². The zero-order valence-corrected chi connectivity index (χ0v) is 15.0. The fourth-order valence-electron chi connectivity index (χ4n) is 1.69. The highest BCUT2D eigenvalue weighted by Crippen LogP contribution is 2.18. The number of hydrazine groups is 1. The van der Waals surface area contributed by atoms with Crippen molar-refractivity contribution in [1.29, 1.82) is 0 Å². The van der Waals surface area contributed by atoms with Crippen LogP contribution in [0.2, 0.25) is 0 Å². The van der Waals surface area contributed by atoms with Gasteiger partial charge < -0.3 is 4.57 Å². The largest absolute Gasteiger partial charge is 0.306 e. The molecule has 1 aromatic heterocycles. The van der Waals surface area contributed by atoms with Gasteiger partial charge in [0.1, 0.15) is 6.33 Å². The van der Waals surface area contributed by atoms with Gasteiger partial charge in [0, 0.05) is 10.5 Å². The highest BCUT2D eigenvalue weighted by atomic mass is 79.9. The minimum absolute atomic E-state index is 0.127. The van der Waals surface area contributed by atoms with Gasteiger partial charge in [0.05, 0.1) is 11.3 Å². The zero-order valence-electron chi connectivity index (χ0n) is 12.6. The molecule has 2 rings (SSSR count). The van der Waals surface area contributed by atoms with E-state index < -0.39 is 0 Å². The Hall–Kier alpha value is -1.87. The summed E-state index contributed by atoms with van der Waals surface area (Å²) in [6, 6.07) is 7.18. The molecule has 0 spiro atoms. The summed E-state index contributed by atoms with van der Waals surface area (Å²) in [6.07, 6.45) is 1.62. The van der Waals surface area contributed by atoms with E-state index in [9.17, 15) is 9.59 Å². The van der Waals surface area contributed by atoms with Crippen molar-refractivity contribution in [2.24, 2.45) is 0 Å². The molecule has 0 saturated heterocycles. The van der Waals surface area contributed by atoms with Gasteiger partial charge in [-0.3, -0.25) is 20.4 Å². The number of hydrogen-bond donors (Lipinski definition) is 2. The van der Waals surface area contributed by atoms with Crippen molar-refractivity contribution < 1.29 is 9.59 Å². The number of carbonyl (C=O) groups excluding carboxylic acids is 2. The lowest BCUT2D eigenvalue weighted by molar-refractivity contribution is -0.119. The first kappa shape index (κ1) is 17.5. The molecule has 2 N–H and O–H groups in total. The molecule has 0 saturated carbocycles. The molecule has 23 heavy (non-hydrogen) atoms. The molecule has 1 aromatic carbocycles. The van der Waals surface area contributed by atoms with Crippen molar-refractivity contribution in [2.45, 2.75) is 25.0 Å². The standard InChI is InChI=1S/C14H16BrN5O2S/c1-9(2)20-8-16-19-14(20)23-7-12(21)17-18-13(22)10-5-3-4-6-11(10)15/h3-6,8-9H,7H2,1-2H3,(H,17,21)(H,18,22). The van der Waals surface area contributed by atoms with Gasteiger partial charge in [-0.15, -0.1) is 10.2 Å². The number of nitrogens with zero attached hydrogens (tertiary/aromatic N) is 3. The third-order valence-electron chi connectivity index (χ3n) is 2.86. The Balaban J connectivity index is 1.83. The van der Waals surface area contributed by atoms with Crippen LogP contribution >= 0.6 is 27.7 Å². The average molecular weight is 398 g/mol. The summed E-state index contributed by atoms with van der Waals surface area (Å²) in [5.74, 6) is -0.586. The van der Waals surface area contributed by atoms with Crippen LogP contribution in [0, 0.1) is 0 Å². The number of carbonyl (C=O) groups is 2. The number of nitrogens with one attached hydrogen (secondary N) is 2. The SMILES string of the molecule is CC(C)n1cnnc1SCC(=O)NNC(=O)c1ccccc1Br. The monoisotopic (exact) mass is 397 g/mol. The lowest BCUT2D eigenvalue weighted by atomic mass is 10.2. The van der Waals surface area contributed by atoms with Gasteiger partial charge >= 0.3 is 0 Å². The van der Waals surface area contributed by atoms with Crippen LogP contribution in [-0.2, 0) is 4.79 Å². The molecular weight excluding hydrogens is 382 g/mol.